The summed E-state index contributed by atoms with van der Waals surface area (Å²) in [5, 5.41) is 0. The van der Waals surface area contributed by atoms with Crippen molar-refractivity contribution in [1.29, 1.82) is 0 Å². The summed E-state index contributed by atoms with van der Waals surface area (Å²) >= 11 is 0. The molecule has 0 radical (unpaired) electrons. The molecule has 0 aromatic heterocycles. The fraction of sp³-hybridized carbons (Fsp3) is 1.00. The van der Waals surface area contributed by atoms with Crippen molar-refractivity contribution in [3.8, 4) is 0 Å². The Morgan fingerprint density at radius 3 is 0.273 bits per heavy atom. The average molecular weight is 170 g/mol. The lowest BCUT2D eigenvalue weighted by molar-refractivity contribution is 1.11. The van der Waals surface area contributed by atoms with Gasteiger partial charge in [0, 0.05) is 0 Å². The molecular formula is C10H31F. The second-order valence-corrected chi connectivity index (χ2v) is 0. The van der Waals surface area contributed by atoms with E-state index in [1.54, 1.807) is 0 Å². The Morgan fingerprint density at radius 2 is 0.273 bits per heavy atom. The summed E-state index contributed by atoms with van der Waals surface area (Å²) in [7, 11) is 0. The highest BCUT2D eigenvalue weighted by Gasteiger charge is 0.940. The van der Waals surface area contributed by atoms with E-state index in [9.17, 15) is 0 Å². The van der Waals surface area contributed by atoms with Gasteiger partial charge in [-0.3, -0.25) is 4.70 Å². The minimum atomic E-state index is 0. The molecule has 0 amide bonds. The van der Waals surface area contributed by atoms with Crippen molar-refractivity contribution in [2.45, 2.75) is 69.2 Å². The molecule has 0 rings (SSSR count). The number of halogens is 1. The molecule has 0 bridgehead atoms. The first-order valence-corrected chi connectivity index (χ1v) is 5.00. The largest absolute Gasteiger partial charge is 0.269 e. The second-order valence-electron chi connectivity index (χ2n) is 0. The van der Waals surface area contributed by atoms with Crippen LogP contribution in [0.4, 0.5) is 4.70 Å². The molecule has 0 nitrogen and oxygen atoms in total. The second kappa shape index (κ2) is 162000. The highest BCUT2D eigenvalue weighted by molar-refractivity contribution is 3.51. The molecule has 1 heteroatoms. The van der Waals surface area contributed by atoms with Crippen LogP contribution in [0, 0.1) is 0 Å². The van der Waals surface area contributed by atoms with Crippen LogP contribution in [0.3, 0.4) is 0 Å². The van der Waals surface area contributed by atoms with Crippen LogP contribution in [0.2, 0.25) is 0 Å². The Kier molecular flexibility index (Phi) is 651000. The van der Waals surface area contributed by atoms with Gasteiger partial charge in [-0.1, -0.05) is 69.2 Å². The van der Waals surface area contributed by atoms with Crippen molar-refractivity contribution in [2.24, 2.45) is 0 Å². The van der Waals surface area contributed by atoms with Gasteiger partial charge >= 0.3 is 0 Å². The van der Waals surface area contributed by atoms with E-state index in [0.29, 0.717) is 0 Å². The molecule has 0 aromatic rings. The molecule has 78 valence electrons. The third kappa shape index (κ3) is 127000. The van der Waals surface area contributed by atoms with E-state index >= 15 is 0 Å². The zero-order valence-corrected chi connectivity index (χ0v) is 10.4. The van der Waals surface area contributed by atoms with Gasteiger partial charge < -0.3 is 0 Å². The molecule has 0 saturated heterocycles. The Morgan fingerprint density at radius 1 is 0.273 bits per heavy atom. The van der Waals surface area contributed by atoms with Crippen LogP contribution in [0.15, 0.2) is 0 Å². The minimum absolute atomic E-state index is 0. The summed E-state index contributed by atoms with van der Waals surface area (Å²) in [6.45, 7) is 20.0. The zero-order valence-electron chi connectivity index (χ0n) is 10.4. The third-order valence-corrected chi connectivity index (χ3v) is 0. The van der Waals surface area contributed by atoms with E-state index in [2.05, 4.69) is 0 Å². The lowest BCUT2D eigenvalue weighted by Gasteiger charge is -1.07. The third-order valence-electron chi connectivity index (χ3n) is 0. The van der Waals surface area contributed by atoms with Crippen LogP contribution in [-0.2, 0) is 0 Å². The predicted octanol–water partition coefficient (Wildman–Crippen LogP) is 5.28. The Balaban J connectivity index is -0.00000000694. The zero-order chi connectivity index (χ0) is 10.0. The van der Waals surface area contributed by atoms with Crippen molar-refractivity contribution in [2.75, 3.05) is 0 Å². The fourth-order valence-electron chi connectivity index (χ4n) is 0. The molecule has 0 atom stereocenters. The maximum Gasteiger partial charge on any atom is -0.0683 e. The maximum atomic E-state index is 2.00. The summed E-state index contributed by atoms with van der Waals surface area (Å²) in [5.41, 5.74) is 0. The normalized spacial score (nSPS) is 2.73. The summed E-state index contributed by atoms with van der Waals surface area (Å²) in [5.74, 6) is 0. The highest BCUT2D eigenvalue weighted by atomic mass is 19.0. The Labute approximate surface area is 74.8 Å². The van der Waals surface area contributed by atoms with E-state index in [1.807, 2.05) is 69.2 Å². The van der Waals surface area contributed by atoms with Gasteiger partial charge in [-0.05, 0) is 0 Å². The molecule has 0 spiro atoms. The standard InChI is InChI=1S/5C2H6.FH/c5*1-2;/h5*1-2H3;1H. The van der Waals surface area contributed by atoms with Gasteiger partial charge in [0.05, 0.1) is 0 Å². The van der Waals surface area contributed by atoms with Gasteiger partial charge in [-0.15, -0.1) is 0 Å². The molecule has 11 heavy (non-hydrogen) atoms. The smallest absolute Gasteiger partial charge is 0.0683 e. The van der Waals surface area contributed by atoms with Gasteiger partial charge in [0.15, 0.2) is 0 Å². The molecule has 0 unspecified atom stereocenters. The molecule has 0 aliphatic carbocycles. The summed E-state index contributed by atoms with van der Waals surface area (Å²) in [6, 6.07) is 0. The topological polar surface area (TPSA) is 0 Å². The van der Waals surface area contributed by atoms with Crippen LogP contribution >= 0.6 is 0 Å². The molecule has 0 aliphatic heterocycles. The van der Waals surface area contributed by atoms with Gasteiger partial charge in [-0.2, -0.15) is 0 Å². The molecular weight excluding hydrogens is 139 g/mol. The molecule has 0 heterocycles. The van der Waals surface area contributed by atoms with E-state index in [4.69, 9.17) is 0 Å². The van der Waals surface area contributed by atoms with Gasteiger partial charge in [-0.25, -0.2) is 0 Å². The molecule has 0 saturated carbocycles. The first-order valence-electron chi connectivity index (χ1n) is 5.00. The van der Waals surface area contributed by atoms with Gasteiger partial charge in [0.25, 0.3) is 0 Å². The van der Waals surface area contributed by atoms with Crippen LogP contribution in [-0.4, -0.2) is 0 Å². The SMILES string of the molecule is CC.CC.CC.CC.CC.F. The van der Waals surface area contributed by atoms with Crippen molar-refractivity contribution >= 4 is 0 Å². The maximum absolute atomic E-state index is 2.00. The first kappa shape index (κ1) is 44.3. The summed E-state index contributed by atoms with van der Waals surface area (Å²) in [4.78, 5) is 0. The van der Waals surface area contributed by atoms with Crippen LogP contribution in [0.5, 0.6) is 0 Å². The van der Waals surface area contributed by atoms with Crippen molar-refractivity contribution in [3.05, 3.63) is 0 Å². The van der Waals surface area contributed by atoms with E-state index in [1.165, 1.54) is 0 Å². The summed E-state index contributed by atoms with van der Waals surface area (Å²) < 4.78 is 0. The number of rotatable bonds is 0. The monoisotopic (exact) mass is 170 g/mol. The van der Waals surface area contributed by atoms with E-state index in [0.717, 1.165) is 0 Å². The lowest BCUT2D eigenvalue weighted by Crippen LogP contribution is -0.856. The fourth-order valence-corrected chi connectivity index (χ4v) is 0. The highest BCUT2D eigenvalue weighted by Crippen LogP contribution is 1.15. The molecule has 0 aromatic carbocycles. The molecule has 0 aliphatic rings. The van der Waals surface area contributed by atoms with Crippen molar-refractivity contribution in [1.82, 2.24) is 0 Å². The van der Waals surface area contributed by atoms with Crippen molar-refractivity contribution in [3.63, 3.8) is 0 Å². The first-order chi connectivity index (χ1) is 5.00. The van der Waals surface area contributed by atoms with Crippen LogP contribution in [0.25, 0.3) is 0 Å². The predicted molar refractivity (Wildman–Crippen MR) is 59.2 cm³/mol. The van der Waals surface area contributed by atoms with E-state index in [-0.39, 0.29) is 4.70 Å². The van der Waals surface area contributed by atoms with E-state index < -0.39 is 0 Å². The Bertz CT molecular complexity index is 4.83. The van der Waals surface area contributed by atoms with Gasteiger partial charge in [0.1, 0.15) is 0 Å². The van der Waals surface area contributed by atoms with Gasteiger partial charge in [0.2, 0.25) is 0 Å². The summed E-state index contributed by atoms with van der Waals surface area (Å²) in [6.07, 6.45) is 0. The Hall–Kier alpha value is -0.0700. The average Bonchev–Trinajstić information content (AvgIpc) is 2.20. The molecule has 0 fully saturated rings. The van der Waals surface area contributed by atoms with Crippen LogP contribution < -0.4 is 0 Å². The lowest BCUT2D eigenvalue weighted by atomic mass is 11.0. The van der Waals surface area contributed by atoms with Crippen LogP contribution in [0.1, 0.15) is 69.2 Å². The number of hydrogen-bond donors (Lipinski definition) is 0. The quantitative estimate of drug-likeness (QED) is 0.464. The minimum Gasteiger partial charge on any atom is -0.269 e. The van der Waals surface area contributed by atoms with Crippen molar-refractivity contribution < 1.29 is 4.70 Å². The molecule has 0 N–H and O–H groups in total. The number of hydrogen-bond acceptors (Lipinski definition) is 0.